The van der Waals surface area contributed by atoms with E-state index in [0.29, 0.717) is 33.5 Å². The van der Waals surface area contributed by atoms with E-state index in [-0.39, 0.29) is 5.02 Å². The number of pyridine rings is 1. The average Bonchev–Trinajstić information content (AvgIpc) is 3.15. The van der Waals surface area contributed by atoms with Gasteiger partial charge >= 0.3 is 6.03 Å². The Hall–Kier alpha value is -3.17. The fourth-order valence-electron chi connectivity index (χ4n) is 3.28. The molecule has 2 heterocycles. The van der Waals surface area contributed by atoms with Gasteiger partial charge in [0.1, 0.15) is 11.9 Å². The quantitative estimate of drug-likeness (QED) is 0.337. The largest absolute Gasteiger partial charge is 0.324 e. The zero-order chi connectivity index (χ0) is 22.0. The van der Waals surface area contributed by atoms with Gasteiger partial charge < -0.3 is 9.72 Å². The number of nitrogens with zero attached hydrogens (tertiary/aromatic N) is 2. The first-order valence-corrected chi connectivity index (χ1v) is 10.4. The van der Waals surface area contributed by atoms with Crippen molar-refractivity contribution >= 4 is 57.9 Å². The highest BCUT2D eigenvalue weighted by atomic mass is 35.5. The Bertz CT molecular complexity index is 1340. The number of amides is 2. The number of hydrogen-bond donors (Lipinski definition) is 2. The summed E-state index contributed by atoms with van der Waals surface area (Å²) in [4.78, 5) is 12.5. The molecule has 5 nitrogen and oxygen atoms in total. The molecule has 0 spiro atoms. The molecule has 8 heteroatoms. The van der Waals surface area contributed by atoms with Gasteiger partial charge in [-0.1, -0.05) is 46.9 Å². The number of halogens is 3. The Morgan fingerprint density at radius 2 is 1.77 bits per heavy atom. The molecule has 0 atom stereocenters. The molecule has 2 aromatic heterocycles. The molecule has 0 aliphatic carbocycles. The maximum atomic E-state index is 12.5. The van der Waals surface area contributed by atoms with Crippen LogP contribution in [0.1, 0.15) is 16.7 Å². The van der Waals surface area contributed by atoms with E-state index >= 15 is 0 Å². The second kappa shape index (κ2) is 8.91. The van der Waals surface area contributed by atoms with Crippen LogP contribution in [0.25, 0.3) is 5.52 Å². The van der Waals surface area contributed by atoms with Crippen LogP contribution in [0.15, 0.2) is 66.9 Å². The van der Waals surface area contributed by atoms with Crippen molar-refractivity contribution in [1.82, 2.24) is 4.40 Å². The topological polar surface area (TPSA) is 69.3 Å². The van der Waals surface area contributed by atoms with Crippen LogP contribution in [0, 0.1) is 11.3 Å². The van der Waals surface area contributed by atoms with E-state index in [2.05, 4.69) is 10.6 Å². The number of carbonyl (C=O) groups is 1. The van der Waals surface area contributed by atoms with Gasteiger partial charge in [-0.2, -0.15) is 5.26 Å². The first-order valence-electron chi connectivity index (χ1n) is 9.25. The Morgan fingerprint density at radius 3 is 2.52 bits per heavy atom. The molecule has 154 valence electrons. The van der Waals surface area contributed by atoms with Crippen molar-refractivity contribution in [3.8, 4) is 6.07 Å². The molecule has 31 heavy (non-hydrogen) atoms. The second-order valence-corrected chi connectivity index (χ2v) is 8.04. The molecule has 0 saturated carbocycles. The SMILES string of the molecule is N#Cc1ccc(NC(=O)Nc2cccc3c(Cc4ccc(Cl)c(Cl)c4)ccn23)cc1Cl. The van der Waals surface area contributed by atoms with Gasteiger partial charge in [-0.15, -0.1) is 0 Å². The molecule has 0 saturated heterocycles. The molecule has 0 unspecified atom stereocenters. The van der Waals surface area contributed by atoms with Gasteiger partial charge in [0.25, 0.3) is 0 Å². The third kappa shape index (κ3) is 4.62. The molecule has 0 radical (unpaired) electrons. The highest BCUT2D eigenvalue weighted by Gasteiger charge is 2.11. The van der Waals surface area contributed by atoms with E-state index in [0.717, 1.165) is 16.6 Å². The van der Waals surface area contributed by atoms with Crippen molar-refractivity contribution in [3.05, 3.63) is 98.6 Å². The van der Waals surface area contributed by atoms with Crippen molar-refractivity contribution in [2.45, 2.75) is 6.42 Å². The number of urea groups is 1. The van der Waals surface area contributed by atoms with Crippen LogP contribution in [0.3, 0.4) is 0 Å². The molecular weight excluding hydrogens is 455 g/mol. The lowest BCUT2D eigenvalue weighted by atomic mass is 10.1. The maximum absolute atomic E-state index is 12.5. The summed E-state index contributed by atoms with van der Waals surface area (Å²) in [6.45, 7) is 0. The van der Waals surface area contributed by atoms with E-state index < -0.39 is 6.03 Å². The minimum absolute atomic E-state index is 0.278. The van der Waals surface area contributed by atoms with Crippen molar-refractivity contribution in [1.29, 1.82) is 5.26 Å². The predicted octanol–water partition coefficient (Wildman–Crippen LogP) is 7.01. The van der Waals surface area contributed by atoms with Gasteiger partial charge in [0.15, 0.2) is 0 Å². The van der Waals surface area contributed by atoms with Gasteiger partial charge in [0, 0.05) is 11.9 Å². The summed E-state index contributed by atoms with van der Waals surface area (Å²) in [6.07, 6.45) is 2.57. The molecule has 2 amide bonds. The number of carbonyl (C=O) groups excluding carboxylic acids is 1. The zero-order valence-electron chi connectivity index (χ0n) is 16.0. The molecule has 4 rings (SSSR count). The Morgan fingerprint density at radius 1 is 0.935 bits per heavy atom. The maximum Gasteiger partial charge on any atom is 0.324 e. The molecular formula is C23H15Cl3N4O. The van der Waals surface area contributed by atoms with Crippen LogP contribution in [0.4, 0.5) is 16.3 Å². The number of hydrogen-bond acceptors (Lipinski definition) is 2. The number of rotatable bonds is 4. The lowest BCUT2D eigenvalue weighted by Gasteiger charge is -2.11. The predicted molar refractivity (Wildman–Crippen MR) is 125 cm³/mol. The molecule has 0 aliphatic rings. The Balaban J connectivity index is 1.53. The monoisotopic (exact) mass is 468 g/mol. The highest BCUT2D eigenvalue weighted by Crippen LogP contribution is 2.26. The van der Waals surface area contributed by atoms with Gasteiger partial charge in [-0.25, -0.2) is 4.79 Å². The van der Waals surface area contributed by atoms with E-state index in [1.54, 1.807) is 24.3 Å². The summed E-state index contributed by atoms with van der Waals surface area (Å²) < 4.78 is 1.90. The third-order valence-electron chi connectivity index (χ3n) is 4.75. The zero-order valence-corrected chi connectivity index (χ0v) is 18.3. The molecule has 0 fully saturated rings. The molecule has 2 aromatic carbocycles. The number of anilines is 2. The minimum Gasteiger partial charge on any atom is -0.308 e. The standard InChI is InChI=1S/C23H15Cl3N4O/c24-18-7-4-14(11-20(18)26)10-15-8-9-30-21(15)2-1-3-22(30)29-23(31)28-17-6-5-16(13-27)19(25)12-17/h1-9,11-12H,10H2,(H2,28,29,31). The summed E-state index contributed by atoms with van der Waals surface area (Å²) >= 11 is 18.2. The Kier molecular flexibility index (Phi) is 6.06. The average molecular weight is 470 g/mol. The first kappa shape index (κ1) is 21.1. The lowest BCUT2D eigenvalue weighted by molar-refractivity contribution is 0.262. The minimum atomic E-state index is -0.423. The Labute approximate surface area is 193 Å². The van der Waals surface area contributed by atoms with E-state index in [1.165, 1.54) is 6.07 Å². The van der Waals surface area contributed by atoms with Crippen LogP contribution in [0.2, 0.25) is 15.1 Å². The first-order chi connectivity index (χ1) is 14.9. The molecule has 0 bridgehead atoms. The number of benzene rings is 2. The van der Waals surface area contributed by atoms with Gasteiger partial charge in [0.2, 0.25) is 0 Å². The normalized spacial score (nSPS) is 10.6. The number of fused-ring (bicyclic) bond motifs is 1. The van der Waals surface area contributed by atoms with Crippen molar-refractivity contribution in [2.75, 3.05) is 10.6 Å². The van der Waals surface area contributed by atoms with Crippen LogP contribution < -0.4 is 10.6 Å². The van der Waals surface area contributed by atoms with Crippen LogP contribution in [-0.2, 0) is 6.42 Å². The van der Waals surface area contributed by atoms with Gasteiger partial charge in [-0.3, -0.25) is 5.32 Å². The fraction of sp³-hybridized carbons (Fsp3) is 0.0435. The van der Waals surface area contributed by atoms with Gasteiger partial charge in [-0.05, 0) is 66.1 Å². The van der Waals surface area contributed by atoms with Crippen molar-refractivity contribution < 1.29 is 4.79 Å². The fourth-order valence-corrected chi connectivity index (χ4v) is 3.82. The molecule has 0 aliphatic heterocycles. The summed E-state index contributed by atoms with van der Waals surface area (Å²) in [5.74, 6) is 0.607. The summed E-state index contributed by atoms with van der Waals surface area (Å²) in [5, 5.41) is 15.8. The second-order valence-electron chi connectivity index (χ2n) is 6.82. The number of nitrogens with one attached hydrogen (secondary N) is 2. The number of nitriles is 1. The van der Waals surface area contributed by atoms with Crippen molar-refractivity contribution in [2.24, 2.45) is 0 Å². The summed E-state index contributed by atoms with van der Waals surface area (Å²) in [7, 11) is 0. The van der Waals surface area contributed by atoms with Crippen molar-refractivity contribution in [3.63, 3.8) is 0 Å². The lowest BCUT2D eigenvalue weighted by Crippen LogP contribution is -2.20. The van der Waals surface area contributed by atoms with Gasteiger partial charge in [0.05, 0.1) is 26.1 Å². The summed E-state index contributed by atoms with van der Waals surface area (Å²) in [6, 6.07) is 19.5. The van der Waals surface area contributed by atoms with E-state index in [1.807, 2.05) is 47.0 Å². The smallest absolute Gasteiger partial charge is 0.308 e. The van der Waals surface area contributed by atoms with Crippen LogP contribution in [-0.4, -0.2) is 10.4 Å². The van der Waals surface area contributed by atoms with E-state index in [4.69, 9.17) is 40.1 Å². The van der Waals surface area contributed by atoms with E-state index in [9.17, 15) is 4.79 Å². The third-order valence-corrected chi connectivity index (χ3v) is 5.80. The molecule has 4 aromatic rings. The number of aromatic nitrogens is 1. The highest BCUT2D eigenvalue weighted by molar-refractivity contribution is 6.42. The summed E-state index contributed by atoms with van der Waals surface area (Å²) in [5.41, 5.74) is 3.92. The molecule has 2 N–H and O–H groups in total. The van der Waals surface area contributed by atoms with Crippen LogP contribution >= 0.6 is 34.8 Å². The van der Waals surface area contributed by atoms with Crippen LogP contribution in [0.5, 0.6) is 0 Å².